The summed E-state index contributed by atoms with van der Waals surface area (Å²) >= 11 is 7.30. The van der Waals surface area contributed by atoms with Gasteiger partial charge in [-0.1, -0.05) is 29.3 Å². The van der Waals surface area contributed by atoms with Gasteiger partial charge in [-0.3, -0.25) is 0 Å². The highest BCUT2D eigenvalue weighted by molar-refractivity contribution is 7.99. The molecule has 0 aliphatic rings. The zero-order chi connectivity index (χ0) is 10.6. The largest absolute Gasteiger partial charge is 0.398 e. The molecule has 0 atom stereocenters. The van der Waals surface area contributed by atoms with E-state index in [1.165, 1.54) is 0 Å². The molecule has 2 N–H and O–H groups in total. The van der Waals surface area contributed by atoms with E-state index < -0.39 is 0 Å². The minimum atomic E-state index is 0.875. The summed E-state index contributed by atoms with van der Waals surface area (Å²) in [6.45, 7) is 4.02. The molecule has 0 radical (unpaired) electrons. The molecular weight excluding hydrogens is 214 g/mol. The second-order valence-electron chi connectivity index (χ2n) is 3.23. The Morgan fingerprint density at radius 2 is 2.29 bits per heavy atom. The normalized spacial score (nSPS) is 11.8. The lowest BCUT2D eigenvalue weighted by Gasteiger charge is -2.07. The Kier molecular flexibility index (Phi) is 4.36. The van der Waals surface area contributed by atoms with Crippen LogP contribution in [0.25, 0.3) is 0 Å². The van der Waals surface area contributed by atoms with Gasteiger partial charge in [0, 0.05) is 21.9 Å². The molecule has 14 heavy (non-hydrogen) atoms. The third kappa shape index (κ3) is 2.96. The lowest BCUT2D eigenvalue weighted by molar-refractivity contribution is 1.35. The van der Waals surface area contributed by atoms with Crippen molar-refractivity contribution in [1.82, 2.24) is 0 Å². The van der Waals surface area contributed by atoms with Crippen LogP contribution in [-0.4, -0.2) is 5.75 Å². The van der Waals surface area contributed by atoms with Gasteiger partial charge in [0.15, 0.2) is 0 Å². The first-order valence-corrected chi connectivity index (χ1v) is 5.81. The first kappa shape index (κ1) is 11.5. The second-order valence-corrected chi connectivity index (χ2v) is 4.47. The van der Waals surface area contributed by atoms with Crippen LogP contribution in [0.5, 0.6) is 0 Å². The molecule has 76 valence electrons. The first-order chi connectivity index (χ1) is 6.65. The van der Waals surface area contributed by atoms with Crippen LogP contribution >= 0.6 is 23.4 Å². The highest BCUT2D eigenvalue weighted by atomic mass is 35.5. The third-order valence-corrected chi connectivity index (χ3v) is 3.56. The van der Waals surface area contributed by atoms with Gasteiger partial charge in [0.05, 0.1) is 0 Å². The van der Waals surface area contributed by atoms with Crippen molar-refractivity contribution in [2.24, 2.45) is 0 Å². The fourth-order valence-electron chi connectivity index (χ4n) is 1.00. The van der Waals surface area contributed by atoms with Crippen molar-refractivity contribution in [3.8, 4) is 0 Å². The smallest absolute Gasteiger partial charge is 0.0482 e. The Morgan fingerprint density at radius 3 is 2.93 bits per heavy atom. The van der Waals surface area contributed by atoms with E-state index in [0.717, 1.165) is 27.5 Å². The monoisotopic (exact) mass is 227 g/mol. The number of halogens is 1. The zero-order valence-corrected chi connectivity index (χ0v) is 9.95. The number of hydrogen-bond acceptors (Lipinski definition) is 2. The van der Waals surface area contributed by atoms with E-state index in [4.69, 9.17) is 17.3 Å². The van der Waals surface area contributed by atoms with Crippen LogP contribution in [0, 0.1) is 6.92 Å². The summed E-state index contributed by atoms with van der Waals surface area (Å²) in [6, 6.07) is 6.08. The number of benzene rings is 1. The number of para-hydroxylation sites is 1. The highest BCUT2D eigenvalue weighted by Crippen LogP contribution is 2.28. The Morgan fingerprint density at radius 1 is 1.57 bits per heavy atom. The fraction of sp³-hybridized carbons (Fsp3) is 0.273. The zero-order valence-electron chi connectivity index (χ0n) is 8.38. The van der Waals surface area contributed by atoms with Gasteiger partial charge in [-0.2, -0.15) is 0 Å². The number of hydrogen-bond donors (Lipinski definition) is 1. The lowest BCUT2D eigenvalue weighted by Crippen LogP contribution is -1.92. The molecule has 0 unspecified atom stereocenters. The Labute approximate surface area is 94.3 Å². The van der Waals surface area contributed by atoms with E-state index in [1.54, 1.807) is 17.3 Å². The Bertz CT molecular complexity index is 347. The number of anilines is 1. The topological polar surface area (TPSA) is 26.0 Å². The van der Waals surface area contributed by atoms with Crippen LogP contribution in [0.15, 0.2) is 34.2 Å². The summed E-state index contributed by atoms with van der Waals surface area (Å²) in [6.07, 6.45) is 0. The van der Waals surface area contributed by atoms with Crippen LogP contribution in [0.3, 0.4) is 0 Å². The lowest BCUT2D eigenvalue weighted by atomic mass is 10.2. The molecule has 1 aromatic rings. The van der Waals surface area contributed by atoms with Gasteiger partial charge >= 0.3 is 0 Å². The third-order valence-electron chi connectivity index (χ3n) is 1.93. The molecule has 1 aromatic carbocycles. The van der Waals surface area contributed by atoms with Crippen molar-refractivity contribution >= 4 is 29.1 Å². The summed E-state index contributed by atoms with van der Waals surface area (Å²) in [4.78, 5) is 1.13. The number of thioether (sulfide) groups is 1. The van der Waals surface area contributed by atoms with Gasteiger partial charge in [0.1, 0.15) is 0 Å². The van der Waals surface area contributed by atoms with E-state index in [0.29, 0.717) is 0 Å². The number of aryl methyl sites for hydroxylation is 1. The molecule has 0 heterocycles. The number of nitrogens with two attached hydrogens (primary N) is 1. The van der Waals surface area contributed by atoms with Crippen molar-refractivity contribution < 1.29 is 0 Å². The van der Waals surface area contributed by atoms with Gasteiger partial charge < -0.3 is 5.73 Å². The fourth-order valence-corrected chi connectivity index (χ4v) is 2.13. The summed E-state index contributed by atoms with van der Waals surface area (Å²) < 4.78 is 0. The molecule has 0 aliphatic carbocycles. The maximum atomic E-state index is 5.94. The maximum Gasteiger partial charge on any atom is 0.0482 e. The molecular formula is C11H14ClNS. The van der Waals surface area contributed by atoms with Gasteiger partial charge in [0.2, 0.25) is 0 Å². The molecule has 0 fully saturated rings. The number of rotatable bonds is 3. The average Bonchev–Trinajstić information content (AvgIpc) is 2.20. The molecule has 3 heteroatoms. The molecule has 0 aromatic heterocycles. The number of nitrogen functional groups attached to an aromatic ring is 1. The van der Waals surface area contributed by atoms with Gasteiger partial charge in [-0.05, 0) is 25.5 Å². The van der Waals surface area contributed by atoms with Gasteiger partial charge in [-0.15, -0.1) is 11.8 Å². The molecule has 0 saturated carbocycles. The van der Waals surface area contributed by atoms with Crippen LogP contribution in [0.2, 0.25) is 0 Å². The van der Waals surface area contributed by atoms with E-state index in [-0.39, 0.29) is 0 Å². The second kappa shape index (κ2) is 5.32. The predicted octanol–water partition coefficient (Wildman–Crippen LogP) is 3.81. The van der Waals surface area contributed by atoms with E-state index in [1.807, 2.05) is 32.0 Å². The summed E-state index contributed by atoms with van der Waals surface area (Å²) in [5.74, 6) is 0.886. The molecule has 0 aliphatic heterocycles. The molecule has 0 amide bonds. The van der Waals surface area contributed by atoms with Gasteiger partial charge in [0.25, 0.3) is 0 Å². The summed E-state index contributed by atoms with van der Waals surface area (Å²) in [5.41, 5.74) is 10.7. The minimum absolute atomic E-state index is 0.875. The van der Waals surface area contributed by atoms with Crippen molar-refractivity contribution in [2.45, 2.75) is 18.7 Å². The van der Waals surface area contributed by atoms with E-state index in [9.17, 15) is 0 Å². The quantitative estimate of drug-likeness (QED) is 0.628. The maximum absolute atomic E-state index is 5.94. The Balaban J connectivity index is 2.73. The molecule has 0 spiro atoms. The van der Waals surface area contributed by atoms with Crippen molar-refractivity contribution in [3.05, 3.63) is 34.9 Å². The van der Waals surface area contributed by atoms with Crippen molar-refractivity contribution in [3.63, 3.8) is 0 Å². The molecule has 0 bridgehead atoms. The molecule has 0 saturated heterocycles. The standard InChI is InChI=1S/C11H14ClNS/c1-8(6-12)7-14-10-5-3-4-9(2)11(10)13/h3-6H,7,13H2,1-2H3/b8-6-. The van der Waals surface area contributed by atoms with E-state index >= 15 is 0 Å². The predicted molar refractivity (Wildman–Crippen MR) is 65.9 cm³/mol. The van der Waals surface area contributed by atoms with Crippen LogP contribution in [-0.2, 0) is 0 Å². The Hall–Kier alpha value is -0.600. The summed E-state index contributed by atoms with van der Waals surface area (Å²) in [7, 11) is 0. The van der Waals surface area contributed by atoms with Gasteiger partial charge in [-0.25, -0.2) is 0 Å². The SMILES string of the molecule is C/C(=C/Cl)CSc1cccc(C)c1N. The van der Waals surface area contributed by atoms with Crippen molar-refractivity contribution in [1.29, 1.82) is 0 Å². The highest BCUT2D eigenvalue weighted by Gasteiger charge is 2.01. The van der Waals surface area contributed by atoms with Crippen LogP contribution < -0.4 is 5.73 Å². The van der Waals surface area contributed by atoms with E-state index in [2.05, 4.69) is 0 Å². The molecule has 1 rings (SSSR count). The first-order valence-electron chi connectivity index (χ1n) is 4.39. The average molecular weight is 228 g/mol. The van der Waals surface area contributed by atoms with Crippen LogP contribution in [0.4, 0.5) is 5.69 Å². The van der Waals surface area contributed by atoms with Crippen LogP contribution in [0.1, 0.15) is 12.5 Å². The molecule has 1 nitrogen and oxygen atoms in total. The van der Waals surface area contributed by atoms with Crippen molar-refractivity contribution in [2.75, 3.05) is 11.5 Å². The summed E-state index contributed by atoms with van der Waals surface area (Å²) in [5, 5.41) is 0. The minimum Gasteiger partial charge on any atom is -0.398 e.